The second-order valence-corrected chi connectivity index (χ2v) is 6.65. The monoisotopic (exact) mass is 374 g/mol. The predicted molar refractivity (Wildman–Crippen MR) is 113 cm³/mol. The van der Waals surface area contributed by atoms with E-state index in [9.17, 15) is 0 Å². The third kappa shape index (κ3) is 3.36. The highest BCUT2D eigenvalue weighted by molar-refractivity contribution is 5.96. The summed E-state index contributed by atoms with van der Waals surface area (Å²) >= 11 is 0. The maximum absolute atomic E-state index is 5.37. The minimum atomic E-state index is 0.716. The van der Waals surface area contributed by atoms with Gasteiger partial charge in [-0.25, -0.2) is 9.97 Å². The van der Waals surface area contributed by atoms with E-state index in [-0.39, 0.29) is 0 Å². The lowest BCUT2D eigenvalue weighted by Gasteiger charge is -2.15. The Labute approximate surface area is 163 Å². The Morgan fingerprint density at radius 3 is 1.46 bits per heavy atom. The van der Waals surface area contributed by atoms with E-state index in [1.165, 1.54) is 0 Å². The molecule has 0 atom stereocenters. The van der Waals surface area contributed by atoms with E-state index in [2.05, 4.69) is 20.8 Å². The van der Waals surface area contributed by atoms with E-state index < -0.39 is 0 Å². The second-order valence-electron chi connectivity index (χ2n) is 6.65. The molecule has 2 heterocycles. The molecule has 0 amide bonds. The number of rotatable bonds is 5. The number of fused-ring (bicyclic) bond motifs is 2. The van der Waals surface area contributed by atoms with Crippen LogP contribution in [-0.2, 0) is 0 Å². The van der Waals surface area contributed by atoms with Gasteiger partial charge in [0.05, 0.1) is 14.2 Å². The quantitative estimate of drug-likeness (QED) is 0.487. The summed E-state index contributed by atoms with van der Waals surface area (Å²) in [4.78, 5) is 9.29. The summed E-state index contributed by atoms with van der Waals surface area (Å²) in [5.74, 6) is 3.00. The second kappa shape index (κ2) is 7.23. The van der Waals surface area contributed by atoms with E-state index in [0.717, 1.165) is 44.4 Å². The number of hydrazine groups is 1. The number of nitrogens with one attached hydrogen (secondary N) is 2. The van der Waals surface area contributed by atoms with Crippen molar-refractivity contribution in [3.05, 3.63) is 59.9 Å². The van der Waals surface area contributed by atoms with Crippen molar-refractivity contribution in [3.63, 3.8) is 0 Å². The molecule has 6 heteroatoms. The lowest BCUT2D eigenvalue weighted by Crippen LogP contribution is -2.13. The molecule has 2 aromatic carbocycles. The lowest BCUT2D eigenvalue weighted by atomic mass is 10.1. The molecule has 0 bridgehead atoms. The van der Waals surface area contributed by atoms with Gasteiger partial charge in [-0.3, -0.25) is 10.9 Å². The van der Waals surface area contributed by atoms with E-state index >= 15 is 0 Å². The highest BCUT2D eigenvalue weighted by atomic mass is 16.5. The van der Waals surface area contributed by atoms with Crippen molar-refractivity contribution in [2.45, 2.75) is 13.8 Å². The summed E-state index contributed by atoms with van der Waals surface area (Å²) in [7, 11) is 3.31. The zero-order valence-electron chi connectivity index (χ0n) is 16.3. The van der Waals surface area contributed by atoms with Gasteiger partial charge < -0.3 is 9.47 Å². The minimum Gasteiger partial charge on any atom is -0.497 e. The summed E-state index contributed by atoms with van der Waals surface area (Å²) < 4.78 is 10.7. The zero-order valence-corrected chi connectivity index (χ0v) is 16.3. The van der Waals surface area contributed by atoms with Gasteiger partial charge in [-0.1, -0.05) is 12.1 Å². The van der Waals surface area contributed by atoms with E-state index in [1.807, 2.05) is 62.4 Å². The fourth-order valence-corrected chi connectivity index (χ4v) is 3.28. The molecule has 28 heavy (non-hydrogen) atoms. The summed E-state index contributed by atoms with van der Waals surface area (Å²) in [5, 5.41) is 4.10. The number of hydrogen-bond donors (Lipinski definition) is 2. The molecule has 0 aliphatic carbocycles. The van der Waals surface area contributed by atoms with Gasteiger partial charge in [0, 0.05) is 22.2 Å². The van der Waals surface area contributed by atoms with Crippen LogP contribution in [0.5, 0.6) is 11.5 Å². The molecule has 0 saturated carbocycles. The van der Waals surface area contributed by atoms with Crippen LogP contribution >= 0.6 is 0 Å². The number of benzene rings is 2. The topological polar surface area (TPSA) is 68.3 Å². The molecule has 2 aromatic heterocycles. The van der Waals surface area contributed by atoms with E-state index in [4.69, 9.17) is 9.47 Å². The van der Waals surface area contributed by atoms with Gasteiger partial charge in [0.25, 0.3) is 0 Å². The third-order valence-corrected chi connectivity index (χ3v) is 4.64. The molecule has 142 valence electrons. The van der Waals surface area contributed by atoms with Crippen LogP contribution in [0.2, 0.25) is 0 Å². The molecule has 0 radical (unpaired) electrons. The fourth-order valence-electron chi connectivity index (χ4n) is 3.28. The van der Waals surface area contributed by atoms with Crippen LogP contribution < -0.4 is 20.3 Å². The molecule has 0 spiro atoms. The van der Waals surface area contributed by atoms with Gasteiger partial charge >= 0.3 is 0 Å². The summed E-state index contributed by atoms with van der Waals surface area (Å²) in [6.07, 6.45) is 0. The van der Waals surface area contributed by atoms with E-state index in [0.29, 0.717) is 11.6 Å². The van der Waals surface area contributed by atoms with Gasteiger partial charge in [0.2, 0.25) is 0 Å². The van der Waals surface area contributed by atoms with Crippen LogP contribution in [0.1, 0.15) is 11.4 Å². The molecule has 4 aromatic rings. The highest BCUT2D eigenvalue weighted by Crippen LogP contribution is 2.29. The van der Waals surface area contributed by atoms with Crippen molar-refractivity contribution in [2.75, 3.05) is 25.1 Å². The molecule has 0 aliphatic heterocycles. The SMILES string of the molecule is COc1ccc2cc(C)nc(NNc3nc(C)cc4ccc(OC)cc34)c2c1. The molecular formula is C22H22N4O2. The van der Waals surface area contributed by atoms with Crippen LogP contribution in [0, 0.1) is 13.8 Å². The van der Waals surface area contributed by atoms with Gasteiger partial charge in [0.1, 0.15) is 11.5 Å². The molecule has 0 aliphatic rings. The number of pyridine rings is 2. The van der Waals surface area contributed by atoms with Crippen LogP contribution in [0.3, 0.4) is 0 Å². The van der Waals surface area contributed by atoms with Gasteiger partial charge in [0.15, 0.2) is 11.6 Å². The normalized spacial score (nSPS) is 10.9. The predicted octanol–water partition coefficient (Wildman–Crippen LogP) is 4.86. The molecule has 4 rings (SSSR count). The minimum absolute atomic E-state index is 0.716. The smallest absolute Gasteiger partial charge is 0.152 e. The van der Waals surface area contributed by atoms with E-state index in [1.54, 1.807) is 14.2 Å². The first kappa shape index (κ1) is 17.9. The Morgan fingerprint density at radius 1 is 0.643 bits per heavy atom. The van der Waals surface area contributed by atoms with Gasteiger partial charge in [-0.15, -0.1) is 0 Å². The van der Waals surface area contributed by atoms with Crippen LogP contribution in [0.4, 0.5) is 11.6 Å². The molecule has 6 nitrogen and oxygen atoms in total. The molecule has 2 N–H and O–H groups in total. The highest BCUT2D eigenvalue weighted by Gasteiger charge is 2.09. The number of ether oxygens (including phenoxy) is 2. The van der Waals surface area contributed by atoms with Crippen molar-refractivity contribution in [1.82, 2.24) is 9.97 Å². The fraction of sp³-hybridized carbons (Fsp3) is 0.182. The molecule has 0 saturated heterocycles. The third-order valence-electron chi connectivity index (χ3n) is 4.64. The van der Waals surface area contributed by atoms with Crippen LogP contribution in [0.25, 0.3) is 21.5 Å². The van der Waals surface area contributed by atoms with Crippen molar-refractivity contribution in [3.8, 4) is 11.5 Å². The largest absolute Gasteiger partial charge is 0.497 e. The standard InChI is InChI=1S/C22H22N4O2/c1-13-9-15-5-7-17(27-3)11-19(15)21(23-13)25-26-22-20-12-18(28-4)8-6-16(20)10-14(2)24-22/h5-12H,1-4H3,(H,23,25)(H,24,26). The van der Waals surface area contributed by atoms with Crippen LogP contribution in [-0.4, -0.2) is 24.2 Å². The Bertz CT molecular complexity index is 1080. The Hall–Kier alpha value is -3.54. The number of aromatic nitrogens is 2. The molecule has 0 fully saturated rings. The summed E-state index contributed by atoms with van der Waals surface area (Å²) in [5.41, 5.74) is 8.31. The number of anilines is 2. The maximum atomic E-state index is 5.37. The van der Waals surface area contributed by atoms with Crippen molar-refractivity contribution in [1.29, 1.82) is 0 Å². The average molecular weight is 374 g/mol. The van der Waals surface area contributed by atoms with Crippen molar-refractivity contribution in [2.24, 2.45) is 0 Å². The zero-order chi connectivity index (χ0) is 19.7. The first-order chi connectivity index (χ1) is 13.6. The lowest BCUT2D eigenvalue weighted by molar-refractivity contribution is 0.415. The summed E-state index contributed by atoms with van der Waals surface area (Å²) in [6.45, 7) is 3.94. The van der Waals surface area contributed by atoms with Crippen molar-refractivity contribution >= 4 is 33.2 Å². The Balaban J connectivity index is 1.75. The molecular weight excluding hydrogens is 352 g/mol. The first-order valence-electron chi connectivity index (χ1n) is 9.00. The first-order valence-corrected chi connectivity index (χ1v) is 9.00. The van der Waals surface area contributed by atoms with Gasteiger partial charge in [-0.2, -0.15) is 0 Å². The van der Waals surface area contributed by atoms with Crippen molar-refractivity contribution < 1.29 is 9.47 Å². The Kier molecular flexibility index (Phi) is 4.61. The summed E-state index contributed by atoms with van der Waals surface area (Å²) in [6, 6.07) is 16.0. The number of hydrogen-bond acceptors (Lipinski definition) is 6. The number of aryl methyl sites for hydroxylation is 2. The molecule has 0 unspecified atom stereocenters. The average Bonchev–Trinajstić information content (AvgIpc) is 2.71. The van der Waals surface area contributed by atoms with Gasteiger partial charge in [-0.05, 0) is 61.0 Å². The maximum Gasteiger partial charge on any atom is 0.152 e. The number of methoxy groups -OCH3 is 2. The van der Waals surface area contributed by atoms with Crippen LogP contribution in [0.15, 0.2) is 48.5 Å². The Morgan fingerprint density at radius 2 is 1.07 bits per heavy atom. The number of nitrogens with zero attached hydrogens (tertiary/aromatic N) is 2.